The molecule has 0 saturated heterocycles. The van der Waals surface area contributed by atoms with Crippen LogP contribution in [0.25, 0.3) is 22.4 Å². The lowest BCUT2D eigenvalue weighted by molar-refractivity contribution is 0.113. The van der Waals surface area contributed by atoms with Crippen LogP contribution in [-0.4, -0.2) is 15.6 Å². The minimum atomic E-state index is -2.91. The Labute approximate surface area is 158 Å². The molecule has 1 aromatic heterocycles. The molecule has 0 amide bonds. The molecular formula is C18H13BrF3NO2S. The highest BCUT2D eigenvalue weighted by Gasteiger charge is 2.26. The first-order valence-corrected chi connectivity index (χ1v) is 9.82. The molecule has 1 unspecified atom stereocenters. The molecule has 0 N–H and O–H groups in total. The first kappa shape index (κ1) is 18.8. The van der Waals surface area contributed by atoms with Gasteiger partial charge in [-0.1, -0.05) is 39.3 Å². The van der Waals surface area contributed by atoms with Crippen molar-refractivity contribution in [1.29, 1.82) is 0 Å². The first-order valence-electron chi connectivity index (χ1n) is 7.47. The summed E-state index contributed by atoms with van der Waals surface area (Å²) in [5.74, 6) is -1.37. The summed E-state index contributed by atoms with van der Waals surface area (Å²) in [5.41, 5.74) is 1.90. The average Bonchev–Trinajstić information content (AvgIpc) is 3.02. The molecule has 0 bridgehead atoms. The van der Waals surface area contributed by atoms with E-state index in [0.29, 0.717) is 5.56 Å². The van der Waals surface area contributed by atoms with Crippen molar-refractivity contribution in [3.8, 4) is 22.4 Å². The van der Waals surface area contributed by atoms with E-state index in [1.54, 1.807) is 12.1 Å². The third-order valence-corrected chi connectivity index (χ3v) is 5.70. The maximum Gasteiger partial charge on any atom is 0.298 e. The average molecular weight is 444 g/mol. The quantitative estimate of drug-likeness (QED) is 0.504. The van der Waals surface area contributed by atoms with Crippen molar-refractivity contribution < 1.29 is 21.9 Å². The number of aryl methyl sites for hydroxylation is 1. The van der Waals surface area contributed by atoms with Crippen LogP contribution in [0.5, 0.6) is 0 Å². The van der Waals surface area contributed by atoms with E-state index in [1.807, 2.05) is 13.0 Å². The Morgan fingerprint density at radius 2 is 1.85 bits per heavy atom. The number of alkyl halides is 2. The van der Waals surface area contributed by atoms with Crippen LogP contribution >= 0.6 is 15.9 Å². The molecule has 26 heavy (non-hydrogen) atoms. The summed E-state index contributed by atoms with van der Waals surface area (Å²) < 4.78 is 58.2. The molecule has 0 aliphatic carbocycles. The van der Waals surface area contributed by atoms with E-state index in [-0.39, 0.29) is 21.7 Å². The van der Waals surface area contributed by atoms with Gasteiger partial charge in [0.1, 0.15) is 11.5 Å². The fourth-order valence-electron chi connectivity index (χ4n) is 2.56. The van der Waals surface area contributed by atoms with E-state index in [9.17, 15) is 17.4 Å². The highest BCUT2D eigenvalue weighted by Crippen LogP contribution is 2.40. The van der Waals surface area contributed by atoms with Crippen LogP contribution in [0.4, 0.5) is 13.2 Å². The maximum atomic E-state index is 14.2. The zero-order valence-electron chi connectivity index (χ0n) is 13.7. The van der Waals surface area contributed by atoms with Crippen molar-refractivity contribution in [3.05, 3.63) is 58.0 Å². The summed E-state index contributed by atoms with van der Waals surface area (Å²) >= 11 is 3.40. The Hall–Kier alpha value is -1.93. The number of benzene rings is 2. The van der Waals surface area contributed by atoms with E-state index < -0.39 is 28.8 Å². The normalized spacial score (nSPS) is 12.6. The topological polar surface area (TPSA) is 43.1 Å². The van der Waals surface area contributed by atoms with Gasteiger partial charge in [-0.25, -0.2) is 13.2 Å². The van der Waals surface area contributed by atoms with Gasteiger partial charge < -0.3 is 4.52 Å². The Kier molecular flexibility index (Phi) is 5.34. The molecule has 1 atom stereocenters. The molecule has 0 saturated carbocycles. The van der Waals surface area contributed by atoms with Crippen LogP contribution in [-0.2, 0) is 10.8 Å². The highest BCUT2D eigenvalue weighted by molar-refractivity contribution is 9.10. The SMILES string of the molecule is Cc1ccc(-c2noc(C(F)F)c2-c2ccc(S(C)=O)c(F)c2)cc1Br. The van der Waals surface area contributed by atoms with Gasteiger partial charge in [0.15, 0.2) is 0 Å². The first-order chi connectivity index (χ1) is 12.3. The van der Waals surface area contributed by atoms with Gasteiger partial charge in [-0.3, -0.25) is 4.21 Å². The fourth-order valence-corrected chi connectivity index (χ4v) is 3.53. The molecule has 136 valence electrons. The second-order valence-corrected chi connectivity index (χ2v) is 7.84. The lowest BCUT2D eigenvalue weighted by Crippen LogP contribution is -1.95. The Morgan fingerprint density at radius 1 is 1.15 bits per heavy atom. The summed E-state index contributed by atoms with van der Waals surface area (Å²) in [5, 5.41) is 3.78. The molecule has 3 aromatic rings. The minimum Gasteiger partial charge on any atom is -0.354 e. The van der Waals surface area contributed by atoms with Crippen molar-refractivity contribution in [2.75, 3.05) is 6.26 Å². The van der Waals surface area contributed by atoms with Crippen LogP contribution in [0.2, 0.25) is 0 Å². The van der Waals surface area contributed by atoms with Crippen LogP contribution in [0.3, 0.4) is 0 Å². The lowest BCUT2D eigenvalue weighted by atomic mass is 9.98. The van der Waals surface area contributed by atoms with Gasteiger partial charge in [0.2, 0.25) is 5.76 Å². The lowest BCUT2D eigenvalue weighted by Gasteiger charge is -2.08. The molecule has 0 fully saturated rings. The van der Waals surface area contributed by atoms with Crippen molar-refractivity contribution >= 4 is 26.7 Å². The Morgan fingerprint density at radius 3 is 2.42 bits per heavy atom. The fraction of sp³-hybridized carbons (Fsp3) is 0.167. The molecular weight excluding hydrogens is 431 g/mol. The van der Waals surface area contributed by atoms with Gasteiger partial charge in [-0.05, 0) is 36.2 Å². The molecule has 0 spiro atoms. The molecule has 8 heteroatoms. The van der Waals surface area contributed by atoms with E-state index in [1.165, 1.54) is 18.4 Å². The van der Waals surface area contributed by atoms with Crippen LogP contribution in [0.15, 0.2) is 50.3 Å². The summed E-state index contributed by atoms with van der Waals surface area (Å²) in [7, 11) is -1.53. The molecule has 0 aliphatic heterocycles. The molecule has 2 aromatic carbocycles. The largest absolute Gasteiger partial charge is 0.354 e. The van der Waals surface area contributed by atoms with Crippen molar-refractivity contribution in [2.45, 2.75) is 18.2 Å². The summed E-state index contributed by atoms with van der Waals surface area (Å²) in [6, 6.07) is 9.09. The van der Waals surface area contributed by atoms with Crippen molar-refractivity contribution in [2.24, 2.45) is 0 Å². The van der Waals surface area contributed by atoms with Gasteiger partial charge in [-0.15, -0.1) is 0 Å². The van der Waals surface area contributed by atoms with E-state index >= 15 is 0 Å². The zero-order chi connectivity index (χ0) is 19.0. The number of aromatic nitrogens is 1. The highest BCUT2D eigenvalue weighted by atomic mass is 79.9. The van der Waals surface area contributed by atoms with Gasteiger partial charge in [-0.2, -0.15) is 0 Å². The van der Waals surface area contributed by atoms with E-state index in [0.717, 1.165) is 16.1 Å². The molecule has 3 rings (SSSR count). The minimum absolute atomic E-state index is 0.00318. The van der Waals surface area contributed by atoms with E-state index in [2.05, 4.69) is 21.1 Å². The molecule has 0 aliphatic rings. The van der Waals surface area contributed by atoms with Crippen molar-refractivity contribution in [1.82, 2.24) is 5.16 Å². The number of hydrogen-bond donors (Lipinski definition) is 0. The Bertz CT molecular complexity index is 1000. The number of halogens is 4. The molecule has 0 radical (unpaired) electrons. The van der Waals surface area contributed by atoms with Gasteiger partial charge >= 0.3 is 0 Å². The smallest absolute Gasteiger partial charge is 0.298 e. The Balaban J connectivity index is 2.22. The monoisotopic (exact) mass is 443 g/mol. The van der Waals surface area contributed by atoms with Crippen LogP contribution in [0.1, 0.15) is 17.7 Å². The predicted octanol–water partition coefficient (Wildman–Crippen LogP) is 5.89. The van der Waals surface area contributed by atoms with Crippen molar-refractivity contribution in [3.63, 3.8) is 0 Å². The standard InChI is InChI=1S/C18H13BrF3NO2S/c1-9-3-4-11(7-12(9)19)16-15(17(18(21)22)25-23-16)10-5-6-14(26(2)24)13(20)8-10/h3-8,18H,1-2H3. The molecule has 3 nitrogen and oxygen atoms in total. The van der Waals surface area contributed by atoms with Crippen LogP contribution in [0, 0.1) is 12.7 Å². The zero-order valence-corrected chi connectivity index (χ0v) is 16.1. The number of hydrogen-bond acceptors (Lipinski definition) is 3. The van der Waals surface area contributed by atoms with Gasteiger partial charge in [0, 0.05) is 16.3 Å². The number of nitrogens with zero attached hydrogens (tertiary/aromatic N) is 1. The maximum absolute atomic E-state index is 14.2. The van der Waals surface area contributed by atoms with Crippen LogP contribution < -0.4 is 0 Å². The van der Waals surface area contributed by atoms with Gasteiger partial charge in [0.05, 0.1) is 21.3 Å². The number of rotatable bonds is 4. The predicted molar refractivity (Wildman–Crippen MR) is 97.1 cm³/mol. The summed E-state index contributed by atoms with van der Waals surface area (Å²) in [4.78, 5) is 0.00318. The van der Waals surface area contributed by atoms with E-state index in [4.69, 9.17) is 4.52 Å². The summed E-state index contributed by atoms with van der Waals surface area (Å²) in [6.07, 6.45) is -1.57. The third kappa shape index (κ3) is 3.48. The van der Waals surface area contributed by atoms with Gasteiger partial charge in [0.25, 0.3) is 6.43 Å². The molecule has 1 heterocycles. The second-order valence-electron chi connectivity index (χ2n) is 5.63. The third-order valence-electron chi connectivity index (χ3n) is 3.89. The second kappa shape index (κ2) is 7.36. The summed E-state index contributed by atoms with van der Waals surface area (Å²) in [6.45, 7) is 1.89.